The number of piperidine rings is 1. The minimum atomic E-state index is -0.485. The van der Waals surface area contributed by atoms with Gasteiger partial charge in [0.2, 0.25) is 5.91 Å². The third-order valence-electron chi connectivity index (χ3n) is 4.45. The molecule has 126 valence electrons. The maximum atomic E-state index is 13.2. The second-order valence-electron chi connectivity index (χ2n) is 6.22. The average molecular weight is 347 g/mol. The summed E-state index contributed by atoms with van der Waals surface area (Å²) in [6.07, 6.45) is 1.60. The summed E-state index contributed by atoms with van der Waals surface area (Å²) in [5.41, 5.74) is 2.98. The number of hydrogen-bond donors (Lipinski definition) is 1. The molecule has 0 radical (unpaired) electrons. The van der Waals surface area contributed by atoms with Gasteiger partial charge in [-0.15, -0.1) is 0 Å². The highest BCUT2D eigenvalue weighted by atomic mass is 35.5. The van der Waals surface area contributed by atoms with Crippen molar-refractivity contribution in [3.05, 3.63) is 58.9 Å². The van der Waals surface area contributed by atoms with E-state index in [0.29, 0.717) is 5.69 Å². The van der Waals surface area contributed by atoms with E-state index in [4.69, 9.17) is 11.6 Å². The second-order valence-corrected chi connectivity index (χ2v) is 6.62. The first-order valence-electron chi connectivity index (χ1n) is 8.10. The molecule has 1 saturated heterocycles. The maximum absolute atomic E-state index is 13.2. The molecule has 1 heterocycles. The van der Waals surface area contributed by atoms with Gasteiger partial charge in [0.1, 0.15) is 5.82 Å². The van der Waals surface area contributed by atoms with Crippen molar-refractivity contribution in [1.29, 1.82) is 0 Å². The van der Waals surface area contributed by atoms with Gasteiger partial charge in [0.25, 0.3) is 0 Å². The zero-order valence-corrected chi connectivity index (χ0v) is 14.3. The molecule has 0 saturated carbocycles. The van der Waals surface area contributed by atoms with Crippen LogP contribution in [0.1, 0.15) is 18.4 Å². The fourth-order valence-corrected chi connectivity index (χ4v) is 3.15. The van der Waals surface area contributed by atoms with E-state index in [9.17, 15) is 9.18 Å². The van der Waals surface area contributed by atoms with Crippen molar-refractivity contribution in [3.63, 3.8) is 0 Å². The summed E-state index contributed by atoms with van der Waals surface area (Å²) in [6.45, 7) is 3.78. The highest BCUT2D eigenvalue weighted by Crippen LogP contribution is 2.25. The Balaban J connectivity index is 1.56. The van der Waals surface area contributed by atoms with Crippen LogP contribution >= 0.6 is 11.6 Å². The molecule has 3 rings (SSSR count). The van der Waals surface area contributed by atoms with Crippen LogP contribution in [-0.2, 0) is 4.79 Å². The summed E-state index contributed by atoms with van der Waals surface area (Å²) in [5.74, 6) is -0.544. The molecular weight excluding hydrogens is 327 g/mol. The van der Waals surface area contributed by atoms with Crippen LogP contribution in [0, 0.1) is 18.7 Å². The smallest absolute Gasteiger partial charge is 0.227 e. The summed E-state index contributed by atoms with van der Waals surface area (Å²) in [6, 6.07) is 12.7. The SMILES string of the molecule is Cc1ccc(N2CCC(C(=O)Nc3ccc(F)c(Cl)c3)CC2)cc1. The van der Waals surface area contributed by atoms with E-state index < -0.39 is 5.82 Å². The molecular formula is C19H20ClFN2O. The Morgan fingerprint density at radius 3 is 2.46 bits per heavy atom. The molecule has 1 aliphatic heterocycles. The lowest BCUT2D eigenvalue weighted by atomic mass is 9.95. The minimum Gasteiger partial charge on any atom is -0.371 e. The Morgan fingerprint density at radius 1 is 1.17 bits per heavy atom. The van der Waals surface area contributed by atoms with Crippen LogP contribution in [0.15, 0.2) is 42.5 Å². The largest absolute Gasteiger partial charge is 0.371 e. The summed E-state index contributed by atoms with van der Waals surface area (Å²) in [4.78, 5) is 14.7. The number of halogens is 2. The van der Waals surface area contributed by atoms with Crippen LogP contribution in [0.25, 0.3) is 0 Å². The average Bonchev–Trinajstić information content (AvgIpc) is 2.59. The van der Waals surface area contributed by atoms with Gasteiger partial charge >= 0.3 is 0 Å². The molecule has 0 unspecified atom stereocenters. The fraction of sp³-hybridized carbons (Fsp3) is 0.316. The van der Waals surface area contributed by atoms with E-state index in [-0.39, 0.29) is 16.8 Å². The molecule has 0 atom stereocenters. The number of anilines is 2. The maximum Gasteiger partial charge on any atom is 0.227 e. The molecule has 0 bridgehead atoms. The Kier molecular flexibility index (Phi) is 5.05. The van der Waals surface area contributed by atoms with Gasteiger partial charge < -0.3 is 10.2 Å². The van der Waals surface area contributed by atoms with E-state index in [1.807, 2.05) is 0 Å². The van der Waals surface area contributed by atoms with Gasteiger partial charge in [-0.25, -0.2) is 4.39 Å². The topological polar surface area (TPSA) is 32.3 Å². The summed E-state index contributed by atoms with van der Waals surface area (Å²) in [5, 5.41) is 2.85. The van der Waals surface area contributed by atoms with Gasteiger partial charge in [-0.1, -0.05) is 29.3 Å². The van der Waals surface area contributed by atoms with Crippen LogP contribution < -0.4 is 10.2 Å². The molecule has 0 aromatic heterocycles. The molecule has 3 nitrogen and oxygen atoms in total. The zero-order valence-electron chi connectivity index (χ0n) is 13.6. The Morgan fingerprint density at radius 2 is 1.83 bits per heavy atom. The number of benzene rings is 2. The first-order valence-corrected chi connectivity index (χ1v) is 8.48. The fourth-order valence-electron chi connectivity index (χ4n) is 2.97. The number of nitrogens with one attached hydrogen (secondary N) is 1. The Labute approximate surface area is 146 Å². The second kappa shape index (κ2) is 7.22. The van der Waals surface area contributed by atoms with Crippen molar-refractivity contribution >= 4 is 28.9 Å². The van der Waals surface area contributed by atoms with Crippen LogP contribution in [0.2, 0.25) is 5.02 Å². The highest BCUT2D eigenvalue weighted by molar-refractivity contribution is 6.31. The molecule has 1 N–H and O–H groups in total. The lowest BCUT2D eigenvalue weighted by molar-refractivity contribution is -0.120. The quantitative estimate of drug-likeness (QED) is 0.877. The first kappa shape index (κ1) is 16.8. The van der Waals surface area contributed by atoms with Crippen LogP contribution in [0.5, 0.6) is 0 Å². The molecule has 2 aromatic carbocycles. The summed E-state index contributed by atoms with van der Waals surface area (Å²) < 4.78 is 13.2. The van der Waals surface area contributed by atoms with Crippen molar-refractivity contribution in [2.45, 2.75) is 19.8 Å². The number of carbonyl (C=O) groups excluding carboxylic acids is 1. The number of nitrogens with zero attached hydrogens (tertiary/aromatic N) is 1. The molecule has 0 spiro atoms. The molecule has 1 fully saturated rings. The van der Waals surface area contributed by atoms with Crippen molar-refractivity contribution in [2.24, 2.45) is 5.92 Å². The number of rotatable bonds is 3. The minimum absolute atomic E-state index is 0.0157. The van der Waals surface area contributed by atoms with E-state index in [2.05, 4.69) is 41.4 Å². The number of carbonyl (C=O) groups is 1. The summed E-state index contributed by atoms with van der Waals surface area (Å²) >= 11 is 5.75. The van der Waals surface area contributed by atoms with Crippen molar-refractivity contribution in [2.75, 3.05) is 23.3 Å². The lowest BCUT2D eigenvalue weighted by Gasteiger charge is -2.33. The van der Waals surface area contributed by atoms with E-state index in [1.165, 1.54) is 29.4 Å². The standard InChI is InChI=1S/C19H20ClFN2O/c1-13-2-5-16(6-3-13)23-10-8-14(9-11-23)19(24)22-15-4-7-18(21)17(20)12-15/h2-7,12,14H,8-11H2,1H3,(H,22,24). The van der Waals surface area contributed by atoms with Crippen LogP contribution in [-0.4, -0.2) is 19.0 Å². The Bertz CT molecular complexity index is 725. The van der Waals surface area contributed by atoms with Crippen molar-refractivity contribution in [3.8, 4) is 0 Å². The molecule has 0 aliphatic carbocycles. The first-order chi connectivity index (χ1) is 11.5. The van der Waals surface area contributed by atoms with E-state index in [1.54, 1.807) is 0 Å². The van der Waals surface area contributed by atoms with Gasteiger partial charge in [0.15, 0.2) is 0 Å². The van der Waals surface area contributed by atoms with Gasteiger partial charge in [0, 0.05) is 30.4 Å². The third kappa shape index (κ3) is 3.88. The van der Waals surface area contributed by atoms with E-state index in [0.717, 1.165) is 25.9 Å². The Hall–Kier alpha value is -2.07. The lowest BCUT2D eigenvalue weighted by Crippen LogP contribution is -2.38. The molecule has 2 aromatic rings. The van der Waals surface area contributed by atoms with Gasteiger partial charge in [0.05, 0.1) is 5.02 Å². The number of amides is 1. The highest BCUT2D eigenvalue weighted by Gasteiger charge is 2.25. The monoisotopic (exact) mass is 346 g/mol. The van der Waals surface area contributed by atoms with Crippen molar-refractivity contribution in [1.82, 2.24) is 0 Å². The van der Waals surface area contributed by atoms with Crippen LogP contribution in [0.3, 0.4) is 0 Å². The molecule has 5 heteroatoms. The molecule has 1 aliphatic rings. The molecule has 1 amide bonds. The normalized spacial score (nSPS) is 15.4. The van der Waals surface area contributed by atoms with E-state index >= 15 is 0 Å². The zero-order chi connectivity index (χ0) is 17.1. The van der Waals surface area contributed by atoms with Gasteiger partial charge in [-0.3, -0.25) is 4.79 Å². The van der Waals surface area contributed by atoms with Crippen molar-refractivity contribution < 1.29 is 9.18 Å². The molecule has 24 heavy (non-hydrogen) atoms. The number of aryl methyl sites for hydroxylation is 1. The van der Waals surface area contributed by atoms with Gasteiger partial charge in [-0.05, 0) is 50.1 Å². The number of hydrogen-bond acceptors (Lipinski definition) is 2. The summed E-state index contributed by atoms with van der Waals surface area (Å²) in [7, 11) is 0. The third-order valence-corrected chi connectivity index (χ3v) is 4.74. The predicted octanol–water partition coefficient (Wildman–Crippen LogP) is 4.64. The van der Waals surface area contributed by atoms with Gasteiger partial charge in [-0.2, -0.15) is 0 Å². The predicted molar refractivity (Wildman–Crippen MR) is 96.2 cm³/mol. The van der Waals surface area contributed by atoms with Crippen LogP contribution in [0.4, 0.5) is 15.8 Å².